The molecule has 12 heteroatoms. The lowest BCUT2D eigenvalue weighted by atomic mass is 9.83. The number of rotatable bonds is 4. The fourth-order valence-corrected chi connectivity index (χ4v) is 5.41. The standard InChI is InChI=1S/C24H22ClF3N4O4/c1-11-7-13(12(2)29-15-3-4-17(25)30-19(15)21(34)35)18-14(8-11)20(33)32-16(24(26,27)28)9-23(22(32)31-18)5-6-36-10-23/h3-4,7-8,12,16,29H,5-6,9-10H2,1-2H3,(H,34,35)/t12-,16+,23-/m1/s1. The minimum absolute atomic E-state index is 0.0140. The quantitative estimate of drug-likeness (QED) is 0.474. The average molecular weight is 523 g/mol. The Hall–Kier alpha value is -3.18. The highest BCUT2D eigenvalue weighted by Crippen LogP contribution is 2.50. The van der Waals surface area contributed by atoms with E-state index in [-0.39, 0.29) is 46.3 Å². The largest absolute Gasteiger partial charge is 0.476 e. The first-order valence-electron chi connectivity index (χ1n) is 11.3. The van der Waals surface area contributed by atoms with Gasteiger partial charge in [0.05, 0.1) is 34.7 Å². The zero-order valence-corrected chi connectivity index (χ0v) is 20.1. The molecule has 0 aliphatic carbocycles. The van der Waals surface area contributed by atoms with Crippen LogP contribution in [0.4, 0.5) is 18.9 Å². The molecule has 4 heterocycles. The fourth-order valence-electron chi connectivity index (χ4n) is 5.26. The fraction of sp³-hybridized carbons (Fsp3) is 0.417. The highest BCUT2D eigenvalue weighted by Gasteiger charge is 2.57. The summed E-state index contributed by atoms with van der Waals surface area (Å²) in [4.78, 5) is 33.7. The normalized spacial score (nSPS) is 22.2. The lowest BCUT2D eigenvalue weighted by Gasteiger charge is -2.22. The Labute approximate surface area is 208 Å². The number of nitrogens with one attached hydrogen (secondary N) is 1. The van der Waals surface area contributed by atoms with Crippen molar-refractivity contribution in [1.29, 1.82) is 0 Å². The molecule has 3 aromatic rings. The smallest absolute Gasteiger partial charge is 0.409 e. The number of hydrogen-bond acceptors (Lipinski definition) is 6. The van der Waals surface area contributed by atoms with Gasteiger partial charge in [-0.25, -0.2) is 14.8 Å². The number of benzene rings is 1. The molecule has 190 valence electrons. The highest BCUT2D eigenvalue weighted by atomic mass is 35.5. The summed E-state index contributed by atoms with van der Waals surface area (Å²) in [6.45, 7) is 3.82. The van der Waals surface area contributed by atoms with E-state index in [1.165, 1.54) is 18.2 Å². The second-order valence-corrected chi connectivity index (χ2v) is 9.79. The first kappa shape index (κ1) is 24.5. The Morgan fingerprint density at radius 2 is 2.08 bits per heavy atom. The van der Waals surface area contributed by atoms with Crippen LogP contribution in [0.25, 0.3) is 10.9 Å². The number of fused-ring (bicyclic) bond motifs is 3. The van der Waals surface area contributed by atoms with Gasteiger partial charge in [-0.3, -0.25) is 9.36 Å². The van der Waals surface area contributed by atoms with Gasteiger partial charge < -0.3 is 15.2 Å². The van der Waals surface area contributed by atoms with E-state index in [4.69, 9.17) is 16.3 Å². The van der Waals surface area contributed by atoms with E-state index in [9.17, 15) is 27.9 Å². The van der Waals surface area contributed by atoms with Gasteiger partial charge in [-0.15, -0.1) is 0 Å². The molecule has 0 bridgehead atoms. The number of alkyl halides is 3. The van der Waals surface area contributed by atoms with Crippen molar-refractivity contribution in [3.8, 4) is 0 Å². The Morgan fingerprint density at radius 3 is 2.72 bits per heavy atom. The van der Waals surface area contributed by atoms with Crippen LogP contribution in [-0.2, 0) is 10.2 Å². The summed E-state index contributed by atoms with van der Waals surface area (Å²) in [6.07, 6.45) is -4.57. The Morgan fingerprint density at radius 1 is 1.33 bits per heavy atom. The summed E-state index contributed by atoms with van der Waals surface area (Å²) in [5, 5.41) is 12.7. The predicted octanol–water partition coefficient (Wildman–Crippen LogP) is 4.79. The zero-order valence-electron chi connectivity index (χ0n) is 19.3. The molecule has 0 radical (unpaired) electrons. The minimum atomic E-state index is -4.61. The van der Waals surface area contributed by atoms with Crippen LogP contribution < -0.4 is 10.9 Å². The Bertz CT molecular complexity index is 1450. The summed E-state index contributed by atoms with van der Waals surface area (Å²) < 4.78 is 48.3. The van der Waals surface area contributed by atoms with E-state index < -0.39 is 35.2 Å². The summed E-state index contributed by atoms with van der Waals surface area (Å²) in [6, 6.07) is 3.68. The average Bonchev–Trinajstić information content (AvgIpc) is 3.40. The van der Waals surface area contributed by atoms with Crippen molar-refractivity contribution in [2.75, 3.05) is 18.5 Å². The van der Waals surface area contributed by atoms with Crippen LogP contribution in [0.5, 0.6) is 0 Å². The third kappa shape index (κ3) is 3.90. The lowest BCUT2D eigenvalue weighted by Crippen LogP contribution is -2.33. The maximum Gasteiger partial charge on any atom is 0.409 e. The van der Waals surface area contributed by atoms with Crippen LogP contribution in [0.2, 0.25) is 5.15 Å². The van der Waals surface area contributed by atoms with E-state index in [0.717, 1.165) is 4.57 Å². The van der Waals surface area contributed by atoms with Crippen LogP contribution in [0, 0.1) is 6.92 Å². The van der Waals surface area contributed by atoms with Crippen molar-refractivity contribution >= 4 is 34.2 Å². The van der Waals surface area contributed by atoms with Crippen molar-refractivity contribution in [2.24, 2.45) is 0 Å². The first-order chi connectivity index (χ1) is 16.9. The summed E-state index contributed by atoms with van der Waals surface area (Å²) in [5.74, 6) is -1.20. The molecular weight excluding hydrogens is 501 g/mol. The zero-order chi connectivity index (χ0) is 26.0. The molecule has 2 aliphatic rings. The van der Waals surface area contributed by atoms with Crippen molar-refractivity contribution in [2.45, 2.75) is 50.4 Å². The maximum atomic E-state index is 14.0. The molecule has 2 aromatic heterocycles. The third-order valence-corrected chi connectivity index (χ3v) is 7.14. The number of aryl methyl sites for hydroxylation is 1. The number of nitrogens with zero attached hydrogens (tertiary/aromatic N) is 3. The van der Waals surface area contributed by atoms with E-state index in [0.29, 0.717) is 24.2 Å². The van der Waals surface area contributed by atoms with Gasteiger partial charge in [0, 0.05) is 12.2 Å². The molecular formula is C24H22ClF3N4O4. The molecule has 3 atom stereocenters. The van der Waals surface area contributed by atoms with Gasteiger partial charge in [-0.05, 0) is 50.5 Å². The molecule has 0 amide bonds. The number of carboxylic acids is 1. The number of carboxylic acid groups (broad SMARTS) is 1. The molecule has 0 saturated carbocycles. The van der Waals surface area contributed by atoms with E-state index >= 15 is 0 Å². The second kappa shape index (κ2) is 8.45. The van der Waals surface area contributed by atoms with Crippen LogP contribution in [-0.4, -0.2) is 45.0 Å². The molecule has 1 saturated heterocycles. The van der Waals surface area contributed by atoms with Gasteiger partial charge in [0.1, 0.15) is 17.0 Å². The van der Waals surface area contributed by atoms with E-state index in [1.807, 2.05) is 0 Å². The van der Waals surface area contributed by atoms with Gasteiger partial charge in [-0.2, -0.15) is 13.2 Å². The number of carbonyl (C=O) groups is 1. The molecule has 1 aromatic carbocycles. The SMILES string of the molecule is Cc1cc([C@@H](C)Nc2ccc(Cl)nc2C(=O)O)c2nc3n(c(=O)c2c1)[C@H](C(F)(F)F)C[C@@]31CCOC1. The maximum absolute atomic E-state index is 14.0. The van der Waals surface area contributed by atoms with Gasteiger partial charge in [-0.1, -0.05) is 17.7 Å². The van der Waals surface area contributed by atoms with Crippen molar-refractivity contribution in [1.82, 2.24) is 14.5 Å². The number of aromatic nitrogens is 3. The number of anilines is 1. The number of hydrogen-bond donors (Lipinski definition) is 2. The second-order valence-electron chi connectivity index (χ2n) is 9.41. The van der Waals surface area contributed by atoms with Gasteiger partial charge in [0.15, 0.2) is 5.69 Å². The molecule has 5 rings (SSSR count). The topological polar surface area (TPSA) is 106 Å². The summed E-state index contributed by atoms with van der Waals surface area (Å²) in [7, 11) is 0. The number of pyridine rings is 1. The van der Waals surface area contributed by atoms with Gasteiger partial charge in [0.2, 0.25) is 0 Å². The lowest BCUT2D eigenvalue weighted by molar-refractivity contribution is -0.168. The molecule has 36 heavy (non-hydrogen) atoms. The van der Waals surface area contributed by atoms with E-state index in [2.05, 4.69) is 15.3 Å². The third-order valence-electron chi connectivity index (χ3n) is 6.93. The van der Waals surface area contributed by atoms with Gasteiger partial charge in [0.25, 0.3) is 5.56 Å². The van der Waals surface area contributed by atoms with Crippen molar-refractivity contribution < 1.29 is 27.8 Å². The Balaban J connectivity index is 1.69. The van der Waals surface area contributed by atoms with Gasteiger partial charge >= 0.3 is 12.1 Å². The van der Waals surface area contributed by atoms with Crippen LogP contribution in [0.3, 0.4) is 0 Å². The minimum Gasteiger partial charge on any atom is -0.476 e. The summed E-state index contributed by atoms with van der Waals surface area (Å²) >= 11 is 5.85. The van der Waals surface area contributed by atoms with Crippen LogP contribution in [0.15, 0.2) is 29.1 Å². The van der Waals surface area contributed by atoms with Crippen LogP contribution in [0.1, 0.15) is 59.3 Å². The van der Waals surface area contributed by atoms with E-state index in [1.54, 1.807) is 19.9 Å². The van der Waals surface area contributed by atoms with Crippen molar-refractivity contribution in [3.63, 3.8) is 0 Å². The van der Waals surface area contributed by atoms with Crippen molar-refractivity contribution in [3.05, 3.63) is 62.4 Å². The number of halogens is 4. The monoisotopic (exact) mass is 522 g/mol. The number of ether oxygens (including phenoxy) is 1. The molecule has 0 unspecified atom stereocenters. The Kier molecular flexibility index (Phi) is 5.75. The highest BCUT2D eigenvalue weighted by molar-refractivity contribution is 6.29. The molecule has 1 spiro atoms. The first-order valence-corrected chi connectivity index (χ1v) is 11.7. The molecule has 1 fully saturated rings. The summed E-state index contributed by atoms with van der Waals surface area (Å²) in [5.41, 5.74) is -0.370. The van der Waals surface area contributed by atoms with Crippen LogP contribution >= 0.6 is 11.6 Å². The molecule has 2 aliphatic heterocycles. The number of aromatic carboxylic acids is 1. The molecule has 8 nitrogen and oxygen atoms in total. The molecule has 2 N–H and O–H groups in total. The predicted molar refractivity (Wildman–Crippen MR) is 126 cm³/mol.